The van der Waals surface area contributed by atoms with Gasteiger partial charge >= 0.3 is 0 Å². The van der Waals surface area contributed by atoms with Gasteiger partial charge in [0.15, 0.2) is 0 Å². The molecular weight excluding hydrogens is 124 g/mol. The lowest BCUT2D eigenvalue weighted by molar-refractivity contribution is 0.266. The molecule has 0 amide bonds. The van der Waals surface area contributed by atoms with Crippen molar-refractivity contribution < 1.29 is 0 Å². The largest absolute Gasteiger partial charge is 0.326 e. The van der Waals surface area contributed by atoms with Gasteiger partial charge in [0.25, 0.3) is 0 Å². The second-order valence-electron chi connectivity index (χ2n) is 3.69. The Bertz CT molecular complexity index is 102. The highest BCUT2D eigenvalue weighted by molar-refractivity contribution is 4.85. The molecule has 2 N–H and O–H groups in total. The number of hydrogen-bond acceptors (Lipinski definition) is 2. The summed E-state index contributed by atoms with van der Waals surface area (Å²) < 4.78 is 0. The molecule has 1 saturated heterocycles. The standard InChI is InChI=1S/C8H18N2/c1-6(2)10-4-7(3)8(9)5-10/h6-8H,4-5,9H2,1-3H3/t7-,8+/m1/s1. The predicted octanol–water partition coefficient (Wildman–Crippen LogP) is 0.674. The summed E-state index contributed by atoms with van der Waals surface area (Å²) in [5, 5.41) is 0. The van der Waals surface area contributed by atoms with Gasteiger partial charge in [0.1, 0.15) is 0 Å². The van der Waals surface area contributed by atoms with Crippen LogP contribution in [0.1, 0.15) is 20.8 Å². The molecule has 0 aromatic heterocycles. The van der Waals surface area contributed by atoms with Gasteiger partial charge in [-0.15, -0.1) is 0 Å². The first-order chi connectivity index (χ1) is 4.61. The number of nitrogens with zero attached hydrogens (tertiary/aromatic N) is 1. The average Bonchev–Trinajstić information content (AvgIpc) is 2.13. The fourth-order valence-electron chi connectivity index (χ4n) is 1.45. The third-order valence-corrected chi connectivity index (χ3v) is 2.43. The Labute approximate surface area is 63.4 Å². The number of hydrogen-bond donors (Lipinski definition) is 1. The molecular formula is C8H18N2. The maximum absolute atomic E-state index is 5.86. The van der Waals surface area contributed by atoms with E-state index in [1.54, 1.807) is 0 Å². The monoisotopic (exact) mass is 142 g/mol. The Morgan fingerprint density at radius 2 is 2.00 bits per heavy atom. The molecule has 0 aromatic carbocycles. The highest BCUT2D eigenvalue weighted by atomic mass is 15.2. The lowest BCUT2D eigenvalue weighted by atomic mass is 10.1. The highest BCUT2D eigenvalue weighted by Gasteiger charge is 2.27. The molecule has 2 atom stereocenters. The van der Waals surface area contributed by atoms with Gasteiger partial charge in [0.2, 0.25) is 0 Å². The first kappa shape index (κ1) is 8.02. The molecule has 60 valence electrons. The minimum absolute atomic E-state index is 0.405. The SMILES string of the molecule is CC(C)N1C[C@@H](C)[C@@H](N)C1. The van der Waals surface area contributed by atoms with Gasteiger partial charge in [0.05, 0.1) is 0 Å². The second-order valence-corrected chi connectivity index (χ2v) is 3.69. The van der Waals surface area contributed by atoms with Crippen LogP contribution in [0.4, 0.5) is 0 Å². The third-order valence-electron chi connectivity index (χ3n) is 2.43. The summed E-state index contributed by atoms with van der Waals surface area (Å²) in [7, 11) is 0. The smallest absolute Gasteiger partial charge is 0.0206 e. The van der Waals surface area contributed by atoms with Crippen LogP contribution in [0.5, 0.6) is 0 Å². The summed E-state index contributed by atoms with van der Waals surface area (Å²) in [5.74, 6) is 0.683. The predicted molar refractivity (Wildman–Crippen MR) is 43.8 cm³/mol. The molecule has 2 nitrogen and oxygen atoms in total. The molecule has 10 heavy (non-hydrogen) atoms. The van der Waals surface area contributed by atoms with Gasteiger partial charge in [0, 0.05) is 25.2 Å². The third kappa shape index (κ3) is 1.50. The van der Waals surface area contributed by atoms with Crippen LogP contribution < -0.4 is 5.73 Å². The fraction of sp³-hybridized carbons (Fsp3) is 1.00. The normalized spacial score (nSPS) is 35.7. The van der Waals surface area contributed by atoms with Crippen LogP contribution in [0, 0.1) is 5.92 Å². The summed E-state index contributed by atoms with van der Waals surface area (Å²) in [6.45, 7) is 8.94. The Morgan fingerprint density at radius 3 is 2.20 bits per heavy atom. The Kier molecular flexibility index (Phi) is 2.32. The van der Waals surface area contributed by atoms with Crippen LogP contribution in [0.15, 0.2) is 0 Å². The van der Waals surface area contributed by atoms with E-state index < -0.39 is 0 Å². The Balaban J connectivity index is 2.41. The molecule has 0 aromatic rings. The summed E-state index contributed by atoms with van der Waals surface area (Å²) in [6.07, 6.45) is 0. The van der Waals surface area contributed by atoms with Gasteiger partial charge in [-0.25, -0.2) is 0 Å². The van der Waals surface area contributed by atoms with E-state index in [0.29, 0.717) is 18.0 Å². The van der Waals surface area contributed by atoms with Crippen LogP contribution in [0.3, 0.4) is 0 Å². The molecule has 1 fully saturated rings. The molecule has 1 rings (SSSR count). The van der Waals surface area contributed by atoms with E-state index >= 15 is 0 Å². The molecule has 0 spiro atoms. The van der Waals surface area contributed by atoms with Crippen molar-refractivity contribution in [2.75, 3.05) is 13.1 Å². The van der Waals surface area contributed by atoms with Gasteiger partial charge in [-0.1, -0.05) is 6.92 Å². The van der Waals surface area contributed by atoms with Gasteiger partial charge in [-0.2, -0.15) is 0 Å². The maximum atomic E-state index is 5.86. The van der Waals surface area contributed by atoms with E-state index in [4.69, 9.17) is 5.73 Å². The highest BCUT2D eigenvalue weighted by Crippen LogP contribution is 2.16. The molecule has 0 bridgehead atoms. The van der Waals surface area contributed by atoms with Gasteiger partial charge in [-0.3, -0.25) is 4.90 Å². The van der Waals surface area contributed by atoms with E-state index in [1.807, 2.05) is 0 Å². The Hall–Kier alpha value is -0.0800. The van der Waals surface area contributed by atoms with E-state index in [0.717, 1.165) is 6.54 Å². The van der Waals surface area contributed by atoms with Crippen LogP contribution in [0.2, 0.25) is 0 Å². The topological polar surface area (TPSA) is 29.3 Å². The molecule has 0 saturated carbocycles. The first-order valence-corrected chi connectivity index (χ1v) is 4.11. The van der Waals surface area contributed by atoms with Crippen molar-refractivity contribution >= 4 is 0 Å². The van der Waals surface area contributed by atoms with Crippen LogP contribution in [-0.4, -0.2) is 30.1 Å². The summed E-state index contributed by atoms with van der Waals surface area (Å²) in [6, 6.07) is 1.07. The summed E-state index contributed by atoms with van der Waals surface area (Å²) in [4.78, 5) is 2.44. The lowest BCUT2D eigenvalue weighted by Gasteiger charge is -2.19. The van der Waals surface area contributed by atoms with E-state index in [-0.39, 0.29) is 0 Å². The number of likely N-dealkylation sites (tertiary alicyclic amines) is 1. The number of rotatable bonds is 1. The molecule has 1 aliphatic rings. The first-order valence-electron chi connectivity index (χ1n) is 4.11. The quantitative estimate of drug-likeness (QED) is 0.583. The summed E-state index contributed by atoms with van der Waals surface area (Å²) in [5.41, 5.74) is 5.86. The lowest BCUT2D eigenvalue weighted by Crippen LogP contribution is -2.31. The van der Waals surface area contributed by atoms with E-state index in [1.165, 1.54) is 6.54 Å². The van der Waals surface area contributed by atoms with Crippen LogP contribution >= 0.6 is 0 Å². The van der Waals surface area contributed by atoms with Gasteiger partial charge < -0.3 is 5.73 Å². The fourth-order valence-corrected chi connectivity index (χ4v) is 1.45. The Morgan fingerprint density at radius 1 is 1.40 bits per heavy atom. The van der Waals surface area contributed by atoms with Crippen molar-refractivity contribution in [1.82, 2.24) is 4.90 Å². The maximum Gasteiger partial charge on any atom is 0.0206 e. The average molecular weight is 142 g/mol. The molecule has 0 unspecified atom stereocenters. The van der Waals surface area contributed by atoms with Crippen LogP contribution in [-0.2, 0) is 0 Å². The van der Waals surface area contributed by atoms with Crippen molar-refractivity contribution in [2.24, 2.45) is 11.7 Å². The zero-order valence-corrected chi connectivity index (χ0v) is 7.17. The van der Waals surface area contributed by atoms with Crippen molar-refractivity contribution in [1.29, 1.82) is 0 Å². The summed E-state index contributed by atoms with van der Waals surface area (Å²) >= 11 is 0. The molecule has 2 heteroatoms. The van der Waals surface area contributed by atoms with Crippen molar-refractivity contribution in [3.8, 4) is 0 Å². The van der Waals surface area contributed by atoms with Crippen LogP contribution in [0.25, 0.3) is 0 Å². The minimum atomic E-state index is 0.405. The number of nitrogens with two attached hydrogens (primary N) is 1. The molecule has 0 aliphatic carbocycles. The second kappa shape index (κ2) is 2.89. The van der Waals surface area contributed by atoms with Crippen molar-refractivity contribution in [3.63, 3.8) is 0 Å². The van der Waals surface area contributed by atoms with E-state index in [2.05, 4.69) is 25.7 Å². The zero-order valence-electron chi connectivity index (χ0n) is 7.17. The molecule has 1 aliphatic heterocycles. The van der Waals surface area contributed by atoms with Gasteiger partial charge in [-0.05, 0) is 19.8 Å². The molecule has 1 heterocycles. The van der Waals surface area contributed by atoms with E-state index in [9.17, 15) is 0 Å². The van der Waals surface area contributed by atoms with Crippen molar-refractivity contribution in [3.05, 3.63) is 0 Å². The zero-order chi connectivity index (χ0) is 7.72. The molecule has 0 radical (unpaired) electrons. The van der Waals surface area contributed by atoms with Crippen molar-refractivity contribution in [2.45, 2.75) is 32.9 Å². The minimum Gasteiger partial charge on any atom is -0.326 e.